The number of hydrogen-bond donors (Lipinski definition) is 3. The molecule has 0 bridgehead atoms. The summed E-state index contributed by atoms with van der Waals surface area (Å²) in [6, 6.07) is 0. The smallest absolute Gasteiger partial charge is 0.267 e. The third-order valence-electron chi connectivity index (χ3n) is 2.28. The molecule has 0 aliphatic heterocycles. The molecule has 0 aliphatic rings. The zero-order chi connectivity index (χ0) is 11.6. The number of nitrogens with zero attached hydrogens (tertiary/aromatic N) is 1. The highest BCUT2D eigenvalue weighted by Crippen LogP contribution is 2.20. The maximum Gasteiger partial charge on any atom is 0.267 e. The number of halogens is 1. The van der Waals surface area contributed by atoms with Crippen LogP contribution in [0.15, 0.2) is 15.6 Å². The first-order chi connectivity index (χ1) is 6.84. The fourth-order valence-electron chi connectivity index (χ4n) is 0.880. The van der Waals surface area contributed by atoms with Gasteiger partial charge in [-0.3, -0.25) is 4.79 Å². The second-order valence-electron chi connectivity index (χ2n) is 3.92. The van der Waals surface area contributed by atoms with Gasteiger partial charge in [0, 0.05) is 0 Å². The molecule has 3 N–H and O–H groups in total. The minimum Gasteiger partial charge on any atom is -0.391 e. The number of aromatic nitrogens is 2. The van der Waals surface area contributed by atoms with Crippen LogP contribution >= 0.6 is 15.9 Å². The molecule has 15 heavy (non-hydrogen) atoms. The molecule has 1 rings (SSSR count). The van der Waals surface area contributed by atoms with Crippen LogP contribution in [0.25, 0.3) is 0 Å². The molecule has 0 aliphatic carbocycles. The predicted octanol–water partition coefficient (Wildman–Crippen LogP) is 1.10. The number of nitrogens with one attached hydrogen (secondary N) is 2. The summed E-state index contributed by atoms with van der Waals surface area (Å²) in [7, 11) is 0. The van der Waals surface area contributed by atoms with Crippen LogP contribution in [-0.2, 0) is 0 Å². The van der Waals surface area contributed by atoms with E-state index < -0.39 is 11.6 Å². The molecule has 6 heteroatoms. The van der Waals surface area contributed by atoms with Gasteiger partial charge in [-0.05, 0) is 36.7 Å². The highest BCUT2D eigenvalue weighted by molar-refractivity contribution is 9.10. The van der Waals surface area contributed by atoms with Gasteiger partial charge in [0.1, 0.15) is 10.3 Å². The molecule has 0 saturated heterocycles. The molecule has 0 amide bonds. The largest absolute Gasteiger partial charge is 0.391 e. The van der Waals surface area contributed by atoms with E-state index in [2.05, 4.69) is 31.2 Å². The maximum absolute atomic E-state index is 11.3. The summed E-state index contributed by atoms with van der Waals surface area (Å²) in [6.07, 6.45) is 0.749. The lowest BCUT2D eigenvalue weighted by Crippen LogP contribution is -2.42. The van der Waals surface area contributed by atoms with E-state index in [1.165, 1.54) is 6.33 Å². The standard InChI is InChI=1S/C9H14BrN3O2/c1-5(14)9(2,3)13-7-6(10)8(15)12-4-11-7/h4-5,14H,1-3H3,(H2,11,12,13,15). The second kappa shape index (κ2) is 4.32. The first-order valence-corrected chi connectivity index (χ1v) is 5.33. The van der Waals surface area contributed by atoms with Gasteiger partial charge in [-0.15, -0.1) is 0 Å². The highest BCUT2D eigenvalue weighted by atomic mass is 79.9. The molecule has 84 valence electrons. The summed E-state index contributed by atoms with van der Waals surface area (Å²) in [5, 5.41) is 12.5. The molecular weight excluding hydrogens is 262 g/mol. The van der Waals surface area contributed by atoms with Gasteiger partial charge in [-0.25, -0.2) is 4.98 Å². The van der Waals surface area contributed by atoms with Crippen molar-refractivity contribution < 1.29 is 5.11 Å². The number of aliphatic hydroxyl groups excluding tert-OH is 1. The average molecular weight is 276 g/mol. The summed E-state index contributed by atoms with van der Waals surface area (Å²) in [4.78, 5) is 17.7. The van der Waals surface area contributed by atoms with E-state index in [0.717, 1.165) is 0 Å². The average Bonchev–Trinajstić information content (AvgIpc) is 2.12. The SMILES string of the molecule is CC(O)C(C)(C)Nc1nc[nH]c(=O)c1Br. The second-order valence-corrected chi connectivity index (χ2v) is 4.71. The van der Waals surface area contributed by atoms with Crippen molar-refractivity contribution in [2.45, 2.75) is 32.4 Å². The summed E-state index contributed by atoms with van der Waals surface area (Å²) in [6.45, 7) is 5.33. The van der Waals surface area contributed by atoms with Gasteiger partial charge in [0.05, 0.1) is 18.0 Å². The monoisotopic (exact) mass is 275 g/mol. The first-order valence-electron chi connectivity index (χ1n) is 4.54. The first kappa shape index (κ1) is 12.2. The molecule has 1 aromatic heterocycles. The van der Waals surface area contributed by atoms with E-state index >= 15 is 0 Å². The minimum atomic E-state index is -0.564. The molecule has 1 unspecified atom stereocenters. The summed E-state index contributed by atoms with van der Waals surface area (Å²) < 4.78 is 0.332. The van der Waals surface area contributed by atoms with Gasteiger partial charge >= 0.3 is 0 Å². The molecule has 0 saturated carbocycles. The van der Waals surface area contributed by atoms with Crippen molar-refractivity contribution in [1.82, 2.24) is 9.97 Å². The lowest BCUT2D eigenvalue weighted by molar-refractivity contribution is 0.133. The van der Waals surface area contributed by atoms with E-state index in [1.807, 2.05) is 13.8 Å². The summed E-state index contributed by atoms with van der Waals surface area (Å²) in [5.74, 6) is 0.421. The predicted molar refractivity (Wildman–Crippen MR) is 61.9 cm³/mol. The van der Waals surface area contributed by atoms with Gasteiger partial charge in [0.2, 0.25) is 0 Å². The Morgan fingerprint density at radius 1 is 1.67 bits per heavy atom. The zero-order valence-electron chi connectivity index (χ0n) is 8.84. The normalized spacial score (nSPS) is 13.7. The van der Waals surface area contributed by atoms with Gasteiger partial charge < -0.3 is 15.4 Å². The van der Waals surface area contributed by atoms with Crippen LogP contribution in [0.4, 0.5) is 5.82 Å². The third kappa shape index (κ3) is 2.79. The number of aromatic amines is 1. The highest BCUT2D eigenvalue weighted by Gasteiger charge is 2.25. The Morgan fingerprint density at radius 2 is 2.27 bits per heavy atom. The van der Waals surface area contributed by atoms with E-state index in [0.29, 0.717) is 10.3 Å². The number of hydrogen-bond acceptors (Lipinski definition) is 4. The molecule has 0 radical (unpaired) electrons. The quantitative estimate of drug-likeness (QED) is 0.772. The van der Waals surface area contributed by atoms with Gasteiger partial charge in [-0.2, -0.15) is 0 Å². The number of anilines is 1. The van der Waals surface area contributed by atoms with Crippen molar-refractivity contribution in [3.8, 4) is 0 Å². The van der Waals surface area contributed by atoms with Crippen LogP contribution < -0.4 is 10.9 Å². The minimum absolute atomic E-state index is 0.256. The molecule has 0 fully saturated rings. The van der Waals surface area contributed by atoms with Crippen LogP contribution in [0.3, 0.4) is 0 Å². The molecule has 0 spiro atoms. The Balaban J connectivity index is 3.00. The van der Waals surface area contributed by atoms with Crippen LogP contribution in [0.5, 0.6) is 0 Å². The molecule has 1 heterocycles. The van der Waals surface area contributed by atoms with Crippen molar-refractivity contribution >= 4 is 21.7 Å². The third-order valence-corrected chi connectivity index (χ3v) is 3.02. The number of rotatable bonds is 3. The lowest BCUT2D eigenvalue weighted by Gasteiger charge is -2.30. The topological polar surface area (TPSA) is 78.0 Å². The Bertz CT molecular complexity index is 401. The molecule has 1 aromatic rings. The number of H-pyrrole nitrogens is 1. The van der Waals surface area contributed by atoms with Crippen LogP contribution in [0.2, 0.25) is 0 Å². The Morgan fingerprint density at radius 3 is 2.80 bits per heavy atom. The summed E-state index contributed by atoms with van der Waals surface area (Å²) >= 11 is 3.13. The summed E-state index contributed by atoms with van der Waals surface area (Å²) in [5.41, 5.74) is -0.808. The van der Waals surface area contributed by atoms with Crippen LogP contribution in [0, 0.1) is 0 Å². The van der Waals surface area contributed by atoms with Crippen molar-refractivity contribution in [3.05, 3.63) is 21.2 Å². The molecule has 0 aromatic carbocycles. The van der Waals surface area contributed by atoms with Crippen molar-refractivity contribution in [3.63, 3.8) is 0 Å². The van der Waals surface area contributed by atoms with E-state index in [4.69, 9.17) is 0 Å². The Labute approximate surface area is 96.1 Å². The Hall–Kier alpha value is -0.880. The van der Waals surface area contributed by atoms with E-state index in [-0.39, 0.29) is 5.56 Å². The fourth-order valence-corrected chi connectivity index (χ4v) is 1.20. The zero-order valence-corrected chi connectivity index (χ0v) is 10.4. The molecule has 5 nitrogen and oxygen atoms in total. The van der Waals surface area contributed by atoms with Gasteiger partial charge in [0.25, 0.3) is 5.56 Å². The van der Waals surface area contributed by atoms with Crippen molar-refractivity contribution in [2.75, 3.05) is 5.32 Å². The van der Waals surface area contributed by atoms with E-state index in [1.54, 1.807) is 6.92 Å². The molecule has 1 atom stereocenters. The van der Waals surface area contributed by atoms with Crippen LogP contribution in [-0.4, -0.2) is 26.7 Å². The van der Waals surface area contributed by atoms with Gasteiger partial charge in [-0.1, -0.05) is 0 Å². The fraction of sp³-hybridized carbons (Fsp3) is 0.556. The maximum atomic E-state index is 11.3. The van der Waals surface area contributed by atoms with Gasteiger partial charge in [0.15, 0.2) is 0 Å². The van der Waals surface area contributed by atoms with Crippen molar-refractivity contribution in [1.29, 1.82) is 0 Å². The number of aliphatic hydroxyl groups is 1. The van der Waals surface area contributed by atoms with E-state index in [9.17, 15) is 9.90 Å². The Kier molecular flexibility index (Phi) is 3.51. The molecular formula is C9H14BrN3O2. The lowest BCUT2D eigenvalue weighted by atomic mass is 9.99. The van der Waals surface area contributed by atoms with Crippen molar-refractivity contribution in [2.24, 2.45) is 0 Å². The van der Waals surface area contributed by atoms with Crippen LogP contribution in [0.1, 0.15) is 20.8 Å².